The Kier molecular flexibility index (Phi) is 13.4. The Morgan fingerprint density at radius 1 is 1.02 bits per heavy atom. The maximum absolute atomic E-state index is 13.8. The fraction of sp³-hybridized carbons (Fsp3) is 0.615. The van der Waals surface area contributed by atoms with Crippen molar-refractivity contribution in [2.75, 3.05) is 71.2 Å². The summed E-state index contributed by atoms with van der Waals surface area (Å²) in [6.07, 6.45) is 9.96. The van der Waals surface area contributed by atoms with Gasteiger partial charge in [-0.1, -0.05) is 36.7 Å². The fourth-order valence-electron chi connectivity index (χ4n) is 7.90. The molecule has 0 spiro atoms. The molecule has 6 rings (SSSR count). The van der Waals surface area contributed by atoms with E-state index in [4.69, 9.17) is 30.5 Å². The molecular weight excluding hydrogens is 690 g/mol. The molecule has 12 heteroatoms. The van der Waals surface area contributed by atoms with Gasteiger partial charge in [0.1, 0.15) is 12.4 Å². The van der Waals surface area contributed by atoms with Gasteiger partial charge < -0.3 is 23.8 Å². The van der Waals surface area contributed by atoms with E-state index in [0.29, 0.717) is 42.2 Å². The molecule has 3 heterocycles. The molecule has 1 saturated carbocycles. The highest BCUT2D eigenvalue weighted by Crippen LogP contribution is 2.42. The number of hydrogen-bond donors (Lipinski definition) is 1. The summed E-state index contributed by atoms with van der Waals surface area (Å²) in [4.78, 5) is 18.5. The minimum atomic E-state index is -4.03. The van der Waals surface area contributed by atoms with E-state index in [1.165, 1.54) is 5.56 Å². The number of methoxy groups -OCH3 is 1. The zero-order valence-electron chi connectivity index (χ0n) is 30.1. The summed E-state index contributed by atoms with van der Waals surface area (Å²) in [6.45, 7) is 8.93. The van der Waals surface area contributed by atoms with Gasteiger partial charge in [0.15, 0.2) is 0 Å². The minimum absolute atomic E-state index is 0.0798. The fourth-order valence-corrected chi connectivity index (χ4v) is 9.76. The van der Waals surface area contributed by atoms with E-state index in [-0.39, 0.29) is 30.6 Å². The van der Waals surface area contributed by atoms with Crippen LogP contribution in [0.2, 0.25) is 5.02 Å². The molecule has 4 aliphatic rings. The van der Waals surface area contributed by atoms with Gasteiger partial charge in [0.2, 0.25) is 10.0 Å². The van der Waals surface area contributed by atoms with Gasteiger partial charge in [0.25, 0.3) is 5.91 Å². The summed E-state index contributed by atoms with van der Waals surface area (Å²) in [5, 5.41) is -0.101. The number of carbonyl (C=O) groups is 1. The average molecular weight is 744 g/mol. The molecule has 280 valence electrons. The van der Waals surface area contributed by atoms with Crippen LogP contribution in [0.3, 0.4) is 0 Å². The highest BCUT2D eigenvalue weighted by atomic mass is 35.5. The van der Waals surface area contributed by atoms with Gasteiger partial charge in [0.05, 0.1) is 36.9 Å². The molecule has 5 atom stereocenters. The Bertz CT molecular complexity index is 1620. The van der Waals surface area contributed by atoms with Crippen LogP contribution in [0.1, 0.15) is 66.9 Å². The van der Waals surface area contributed by atoms with Gasteiger partial charge in [-0.3, -0.25) is 9.69 Å². The number of sulfonamides is 1. The zero-order valence-corrected chi connectivity index (χ0v) is 31.6. The molecule has 0 radical (unpaired) electrons. The maximum Gasteiger partial charge on any atom is 0.264 e. The molecule has 1 saturated heterocycles. The van der Waals surface area contributed by atoms with Crippen LogP contribution in [0, 0.1) is 17.8 Å². The topological polar surface area (TPSA) is 107 Å². The standard InChI is InChI=1S/C39H54ClN3O7S/c1-28-6-5-8-36(49-23-19-42-17-21-48-22-18-42)34-13-10-31(34)26-43-16-4-3-7-29-24-33(40)12-9-32(29)27-50-37-14-11-30(25-35(37)43)39(44)41-51(45,46)38(28)15-20-47-2/h5,8-9,11-12,14,24-25,28,31,34,36,38H,3-4,6-7,10,13,15-23,26-27H2,1-2H3,(H,41,44)/b8-5+. The molecule has 2 aromatic carbocycles. The van der Waals surface area contributed by atoms with Crippen molar-refractivity contribution in [3.05, 3.63) is 70.3 Å². The van der Waals surface area contributed by atoms with Crippen LogP contribution < -0.4 is 14.4 Å². The van der Waals surface area contributed by atoms with Crippen molar-refractivity contribution < 1.29 is 32.2 Å². The lowest BCUT2D eigenvalue weighted by Crippen LogP contribution is -2.45. The molecule has 0 aromatic heterocycles. The molecule has 51 heavy (non-hydrogen) atoms. The highest BCUT2D eigenvalue weighted by molar-refractivity contribution is 7.90. The third-order valence-corrected chi connectivity index (χ3v) is 13.3. The van der Waals surface area contributed by atoms with E-state index in [1.54, 1.807) is 13.2 Å². The van der Waals surface area contributed by atoms with Crippen LogP contribution in [0.15, 0.2) is 48.6 Å². The SMILES string of the molecule is COCCC1C(C)C/C=C/C(OCCN2CCOCC2)C2CCC2CN2CCCCc3cc(Cl)ccc3COc3ccc(cc32)C(=O)NS1(=O)=O. The molecular formula is C39H54ClN3O7S. The number of benzene rings is 2. The zero-order chi connectivity index (χ0) is 35.8. The monoisotopic (exact) mass is 743 g/mol. The van der Waals surface area contributed by atoms with Crippen LogP contribution in [-0.2, 0) is 37.3 Å². The van der Waals surface area contributed by atoms with Gasteiger partial charge in [-0.2, -0.15) is 0 Å². The van der Waals surface area contributed by atoms with E-state index in [0.717, 1.165) is 89.3 Å². The third kappa shape index (κ3) is 9.86. The lowest BCUT2D eigenvalue weighted by molar-refractivity contribution is -0.0314. The van der Waals surface area contributed by atoms with Crippen LogP contribution >= 0.6 is 11.6 Å². The van der Waals surface area contributed by atoms with Crippen LogP contribution in [0.5, 0.6) is 5.75 Å². The normalized spacial score (nSPS) is 28.2. The summed E-state index contributed by atoms with van der Waals surface area (Å²) in [5.41, 5.74) is 3.36. The van der Waals surface area contributed by atoms with E-state index >= 15 is 0 Å². The summed E-state index contributed by atoms with van der Waals surface area (Å²) in [6, 6.07) is 11.2. The number of anilines is 1. The number of morpholine rings is 1. The first kappa shape index (κ1) is 38.1. The number of fused-ring (bicyclic) bond motifs is 3. The number of ether oxygens (including phenoxy) is 4. The number of allylic oxidation sites excluding steroid dienone is 1. The first-order chi connectivity index (χ1) is 24.7. The second-order valence-electron chi connectivity index (χ2n) is 14.5. The summed E-state index contributed by atoms with van der Waals surface area (Å²) >= 11 is 6.38. The van der Waals surface area contributed by atoms with Crippen LogP contribution in [-0.4, -0.2) is 96.8 Å². The Hall–Kier alpha value is -2.67. The van der Waals surface area contributed by atoms with Crippen molar-refractivity contribution in [3.63, 3.8) is 0 Å². The number of nitrogens with zero attached hydrogens (tertiary/aromatic N) is 2. The summed E-state index contributed by atoms with van der Waals surface area (Å²) in [5.74, 6) is 0.477. The largest absolute Gasteiger partial charge is 0.487 e. The van der Waals surface area contributed by atoms with Crippen molar-refractivity contribution in [2.45, 2.75) is 69.8 Å². The summed E-state index contributed by atoms with van der Waals surface area (Å²) < 4.78 is 54.1. The Labute approximate surface area is 308 Å². The summed E-state index contributed by atoms with van der Waals surface area (Å²) in [7, 11) is -2.47. The van der Waals surface area contributed by atoms with E-state index in [2.05, 4.69) is 26.7 Å². The second kappa shape index (κ2) is 17.9. The molecule has 2 aromatic rings. The lowest BCUT2D eigenvalue weighted by atomic mass is 9.70. The quantitative estimate of drug-likeness (QED) is 0.349. The van der Waals surface area contributed by atoms with Crippen molar-refractivity contribution >= 4 is 33.2 Å². The predicted molar refractivity (Wildman–Crippen MR) is 200 cm³/mol. The van der Waals surface area contributed by atoms with Gasteiger partial charge >= 0.3 is 0 Å². The Morgan fingerprint density at radius 3 is 2.65 bits per heavy atom. The van der Waals surface area contributed by atoms with E-state index in [9.17, 15) is 13.2 Å². The molecule has 1 amide bonds. The third-order valence-electron chi connectivity index (χ3n) is 11.1. The molecule has 1 aliphatic carbocycles. The number of hydrogen-bond acceptors (Lipinski definition) is 9. The Morgan fingerprint density at radius 2 is 1.86 bits per heavy atom. The highest BCUT2D eigenvalue weighted by Gasteiger charge is 2.39. The maximum atomic E-state index is 13.8. The van der Waals surface area contributed by atoms with Crippen molar-refractivity contribution in [1.29, 1.82) is 0 Å². The average Bonchev–Trinajstić information content (AvgIpc) is 3.13. The molecule has 2 bridgehead atoms. The molecule has 3 aliphatic heterocycles. The van der Waals surface area contributed by atoms with E-state index in [1.807, 2.05) is 37.3 Å². The molecule has 1 N–H and O–H groups in total. The number of nitrogens with one attached hydrogen (secondary N) is 1. The molecule has 2 fully saturated rings. The second-order valence-corrected chi connectivity index (χ2v) is 16.9. The lowest BCUT2D eigenvalue weighted by Gasteiger charge is -2.44. The number of amides is 1. The smallest absolute Gasteiger partial charge is 0.264 e. The Balaban J connectivity index is 1.33. The van der Waals surface area contributed by atoms with Gasteiger partial charge in [-0.25, -0.2) is 13.1 Å². The number of carbonyl (C=O) groups excluding carboxylic acids is 1. The predicted octanol–water partition coefficient (Wildman–Crippen LogP) is 5.87. The molecule has 10 nitrogen and oxygen atoms in total. The van der Waals surface area contributed by atoms with E-state index < -0.39 is 21.2 Å². The van der Waals surface area contributed by atoms with Crippen molar-refractivity contribution in [2.24, 2.45) is 17.8 Å². The van der Waals surface area contributed by atoms with Crippen LogP contribution in [0.25, 0.3) is 0 Å². The van der Waals surface area contributed by atoms with Crippen molar-refractivity contribution in [1.82, 2.24) is 9.62 Å². The first-order valence-electron chi connectivity index (χ1n) is 18.6. The van der Waals surface area contributed by atoms with Gasteiger partial charge in [-0.05, 0) is 104 Å². The molecule has 5 unspecified atom stereocenters. The van der Waals surface area contributed by atoms with Gasteiger partial charge in [0, 0.05) is 57.0 Å². The first-order valence-corrected chi connectivity index (χ1v) is 20.6. The number of rotatable bonds is 7. The minimum Gasteiger partial charge on any atom is -0.487 e. The van der Waals surface area contributed by atoms with Crippen molar-refractivity contribution in [3.8, 4) is 5.75 Å². The number of halogens is 1. The number of aryl methyl sites for hydroxylation is 1. The van der Waals surface area contributed by atoms with Crippen LogP contribution in [0.4, 0.5) is 5.69 Å². The van der Waals surface area contributed by atoms with Gasteiger partial charge in [-0.15, -0.1) is 0 Å².